The van der Waals surface area contributed by atoms with Crippen molar-refractivity contribution in [1.29, 1.82) is 0 Å². The maximum Gasteiger partial charge on any atom is 0.134 e. The van der Waals surface area contributed by atoms with Crippen LogP contribution in [0.2, 0.25) is 0 Å². The fourth-order valence-corrected chi connectivity index (χ4v) is 3.45. The van der Waals surface area contributed by atoms with Crippen molar-refractivity contribution in [2.24, 2.45) is 0 Å². The summed E-state index contributed by atoms with van der Waals surface area (Å²) in [5.41, 5.74) is 6.51. The van der Waals surface area contributed by atoms with Crippen LogP contribution in [0.15, 0.2) is 53.0 Å². The van der Waals surface area contributed by atoms with E-state index in [0.717, 1.165) is 24.4 Å². The first-order chi connectivity index (χ1) is 12.1. The van der Waals surface area contributed by atoms with Crippen LogP contribution in [0.4, 0.5) is 0 Å². The van der Waals surface area contributed by atoms with E-state index >= 15 is 0 Å². The van der Waals surface area contributed by atoms with E-state index in [2.05, 4.69) is 64.6 Å². The molecule has 0 radical (unpaired) electrons. The zero-order valence-corrected chi connectivity index (χ0v) is 16.3. The monoisotopic (exact) mass is 336 g/mol. The summed E-state index contributed by atoms with van der Waals surface area (Å²) >= 11 is 0. The molecule has 0 unspecified atom stereocenters. The van der Waals surface area contributed by atoms with Crippen molar-refractivity contribution in [3.8, 4) is 11.1 Å². The minimum absolute atomic E-state index is 0.853. The first-order valence-electron chi connectivity index (χ1n) is 9.55. The van der Waals surface area contributed by atoms with E-state index in [-0.39, 0.29) is 0 Å². The standard InChI is InChI=1S/C24H32O/c1-6-8-9-13-17-22-23(20-15-11-10-12-16-20)19(5)25-24(22)21(14-7-2)18(3)4/h7,10-12,15-16H,2,6,8-9,13-14,17H2,1,3-5H3. The van der Waals surface area contributed by atoms with Gasteiger partial charge in [-0.25, -0.2) is 0 Å². The van der Waals surface area contributed by atoms with Gasteiger partial charge in [0.1, 0.15) is 11.5 Å². The maximum atomic E-state index is 6.33. The first kappa shape index (κ1) is 19.3. The lowest BCUT2D eigenvalue weighted by Crippen LogP contribution is -1.95. The predicted molar refractivity (Wildman–Crippen MR) is 110 cm³/mol. The molecular formula is C24H32O. The average molecular weight is 337 g/mol. The van der Waals surface area contributed by atoms with Gasteiger partial charge in [0.2, 0.25) is 0 Å². The largest absolute Gasteiger partial charge is 0.461 e. The third-order valence-electron chi connectivity index (χ3n) is 4.75. The van der Waals surface area contributed by atoms with Crippen LogP contribution in [0.1, 0.15) is 70.0 Å². The van der Waals surface area contributed by atoms with Crippen molar-refractivity contribution in [3.05, 3.63) is 65.6 Å². The van der Waals surface area contributed by atoms with Gasteiger partial charge in [0, 0.05) is 11.1 Å². The molecular weight excluding hydrogens is 304 g/mol. The number of hydrogen-bond acceptors (Lipinski definition) is 1. The molecule has 0 fully saturated rings. The molecule has 1 heteroatoms. The van der Waals surface area contributed by atoms with Gasteiger partial charge >= 0.3 is 0 Å². The van der Waals surface area contributed by atoms with E-state index in [4.69, 9.17) is 4.42 Å². The summed E-state index contributed by atoms with van der Waals surface area (Å²) in [5, 5.41) is 0. The first-order valence-corrected chi connectivity index (χ1v) is 9.55. The summed E-state index contributed by atoms with van der Waals surface area (Å²) in [6, 6.07) is 10.7. The summed E-state index contributed by atoms with van der Waals surface area (Å²) in [6.07, 6.45) is 8.96. The zero-order chi connectivity index (χ0) is 18.2. The molecule has 25 heavy (non-hydrogen) atoms. The van der Waals surface area contributed by atoms with Gasteiger partial charge in [-0.2, -0.15) is 0 Å². The Balaban J connectivity index is 2.52. The second-order valence-electron chi connectivity index (χ2n) is 6.99. The molecule has 0 N–H and O–H groups in total. The Kier molecular flexibility index (Phi) is 7.31. The summed E-state index contributed by atoms with van der Waals surface area (Å²) in [5.74, 6) is 2.10. The number of rotatable bonds is 9. The highest BCUT2D eigenvalue weighted by Gasteiger charge is 2.21. The highest BCUT2D eigenvalue weighted by Crippen LogP contribution is 2.38. The van der Waals surface area contributed by atoms with Crippen molar-refractivity contribution in [2.75, 3.05) is 0 Å². The van der Waals surface area contributed by atoms with Crippen LogP contribution >= 0.6 is 0 Å². The summed E-state index contributed by atoms with van der Waals surface area (Å²) in [6.45, 7) is 12.6. The molecule has 0 atom stereocenters. The second-order valence-corrected chi connectivity index (χ2v) is 6.99. The lowest BCUT2D eigenvalue weighted by Gasteiger charge is -2.10. The molecule has 1 aromatic heterocycles. The predicted octanol–water partition coefficient (Wildman–Crippen LogP) is 7.75. The van der Waals surface area contributed by atoms with Crippen molar-refractivity contribution in [3.63, 3.8) is 0 Å². The second kappa shape index (κ2) is 9.46. The van der Waals surface area contributed by atoms with E-state index in [1.54, 1.807) is 0 Å². The summed E-state index contributed by atoms with van der Waals surface area (Å²) < 4.78 is 6.33. The highest BCUT2D eigenvalue weighted by molar-refractivity contribution is 5.78. The van der Waals surface area contributed by atoms with Crippen molar-refractivity contribution >= 4 is 5.57 Å². The van der Waals surface area contributed by atoms with Crippen LogP contribution in [0.25, 0.3) is 16.7 Å². The lowest BCUT2D eigenvalue weighted by atomic mass is 9.92. The molecule has 0 saturated carbocycles. The molecule has 0 aliphatic heterocycles. The SMILES string of the molecule is C=CCC(=C(C)C)c1oc(C)c(-c2ccccc2)c1CCCCCC. The molecule has 1 nitrogen and oxygen atoms in total. The maximum absolute atomic E-state index is 6.33. The molecule has 0 aliphatic rings. The number of benzene rings is 1. The van der Waals surface area contributed by atoms with Crippen LogP contribution in [0.5, 0.6) is 0 Å². The normalized spacial score (nSPS) is 10.7. The van der Waals surface area contributed by atoms with Gasteiger partial charge < -0.3 is 4.42 Å². The van der Waals surface area contributed by atoms with Gasteiger partial charge in [0.15, 0.2) is 0 Å². The van der Waals surface area contributed by atoms with E-state index in [9.17, 15) is 0 Å². The molecule has 2 rings (SSSR count). The van der Waals surface area contributed by atoms with E-state index in [1.807, 2.05) is 6.08 Å². The molecule has 0 saturated heterocycles. The zero-order valence-electron chi connectivity index (χ0n) is 16.3. The Morgan fingerprint density at radius 3 is 2.40 bits per heavy atom. The van der Waals surface area contributed by atoms with Crippen molar-refractivity contribution < 1.29 is 4.42 Å². The number of unbranched alkanes of at least 4 members (excludes halogenated alkanes) is 3. The van der Waals surface area contributed by atoms with E-state index < -0.39 is 0 Å². The average Bonchev–Trinajstić information content (AvgIpc) is 2.93. The van der Waals surface area contributed by atoms with E-state index in [1.165, 1.54) is 53.5 Å². The molecule has 2 aromatic rings. The fraction of sp³-hybridized carbons (Fsp3) is 0.417. The Hall–Kier alpha value is -2.02. The lowest BCUT2D eigenvalue weighted by molar-refractivity contribution is 0.516. The van der Waals surface area contributed by atoms with Crippen LogP contribution in [-0.4, -0.2) is 0 Å². The summed E-state index contributed by atoms with van der Waals surface area (Å²) in [4.78, 5) is 0. The molecule has 1 heterocycles. The molecule has 0 spiro atoms. The molecule has 0 aliphatic carbocycles. The van der Waals surface area contributed by atoms with E-state index in [0.29, 0.717) is 0 Å². The Morgan fingerprint density at radius 2 is 1.80 bits per heavy atom. The molecule has 0 bridgehead atoms. The number of furan rings is 1. The molecule has 0 amide bonds. The van der Waals surface area contributed by atoms with Crippen LogP contribution in [0, 0.1) is 6.92 Å². The van der Waals surface area contributed by atoms with Crippen molar-refractivity contribution in [2.45, 2.75) is 66.2 Å². The third kappa shape index (κ3) is 4.75. The topological polar surface area (TPSA) is 13.1 Å². The number of allylic oxidation sites excluding steroid dienone is 3. The smallest absolute Gasteiger partial charge is 0.134 e. The quantitative estimate of drug-likeness (QED) is 0.337. The van der Waals surface area contributed by atoms with Gasteiger partial charge in [0.25, 0.3) is 0 Å². The third-order valence-corrected chi connectivity index (χ3v) is 4.75. The number of hydrogen-bond donors (Lipinski definition) is 0. The van der Waals surface area contributed by atoms with Gasteiger partial charge in [0.05, 0.1) is 0 Å². The van der Waals surface area contributed by atoms with Gasteiger partial charge in [-0.1, -0.05) is 68.2 Å². The molecule has 134 valence electrons. The minimum atomic E-state index is 0.853. The van der Waals surface area contributed by atoms with Gasteiger partial charge in [-0.3, -0.25) is 0 Å². The Bertz CT molecular complexity index is 712. The number of aryl methyl sites for hydroxylation is 1. The Morgan fingerprint density at radius 1 is 1.08 bits per heavy atom. The van der Waals surface area contributed by atoms with Crippen molar-refractivity contribution in [1.82, 2.24) is 0 Å². The summed E-state index contributed by atoms with van der Waals surface area (Å²) in [7, 11) is 0. The van der Waals surface area contributed by atoms with Crippen LogP contribution in [0.3, 0.4) is 0 Å². The van der Waals surface area contributed by atoms with Crippen LogP contribution < -0.4 is 0 Å². The fourth-order valence-electron chi connectivity index (χ4n) is 3.45. The molecule has 1 aromatic carbocycles. The highest BCUT2D eigenvalue weighted by atomic mass is 16.3. The van der Waals surface area contributed by atoms with Gasteiger partial charge in [-0.05, 0) is 51.2 Å². The van der Waals surface area contributed by atoms with Gasteiger partial charge in [-0.15, -0.1) is 6.58 Å². The van der Waals surface area contributed by atoms with Crippen LogP contribution in [-0.2, 0) is 6.42 Å². The Labute approximate surface area is 153 Å². The minimum Gasteiger partial charge on any atom is -0.461 e.